The largest absolute Gasteiger partial charge is 0.493 e. The normalized spacial score (nSPS) is 10.0. The van der Waals surface area contributed by atoms with Gasteiger partial charge < -0.3 is 14.6 Å². The molecule has 0 saturated heterocycles. The number of rotatable bonds is 4. The van der Waals surface area contributed by atoms with E-state index < -0.39 is 0 Å². The molecule has 5 nitrogen and oxygen atoms in total. The molecule has 0 aliphatic heterocycles. The van der Waals surface area contributed by atoms with E-state index in [-0.39, 0.29) is 6.61 Å². The fraction of sp³-hybridized carbons (Fsp3) is 0.167. The molecule has 0 bridgehead atoms. The number of aromatic nitrogens is 2. The molecule has 0 radical (unpaired) electrons. The monoisotopic (exact) mass is 232 g/mol. The van der Waals surface area contributed by atoms with Crippen LogP contribution >= 0.6 is 0 Å². The minimum Gasteiger partial charge on any atom is -0.493 e. The third-order valence-electron chi connectivity index (χ3n) is 2.16. The highest BCUT2D eigenvalue weighted by molar-refractivity contribution is 5.44. The third-order valence-corrected chi connectivity index (χ3v) is 2.16. The maximum atomic E-state index is 9.02. The SMILES string of the molecule is COc1cc(CO)ccc1Oc1cnccn1. The first kappa shape index (κ1) is 11.3. The standard InChI is InChI=1S/C12H12N2O3/c1-16-11-6-9(8-15)2-3-10(11)17-12-7-13-4-5-14-12/h2-7,15H,8H2,1H3. The second-order valence-corrected chi connectivity index (χ2v) is 3.29. The van der Waals surface area contributed by atoms with E-state index in [4.69, 9.17) is 14.6 Å². The Balaban J connectivity index is 2.26. The lowest BCUT2D eigenvalue weighted by Crippen LogP contribution is -1.94. The van der Waals surface area contributed by atoms with Crippen LogP contribution < -0.4 is 9.47 Å². The predicted octanol–water partition coefficient (Wildman–Crippen LogP) is 1.77. The molecule has 88 valence electrons. The van der Waals surface area contributed by atoms with Gasteiger partial charge in [0.05, 0.1) is 19.9 Å². The van der Waals surface area contributed by atoms with Crippen molar-refractivity contribution in [3.63, 3.8) is 0 Å². The minimum atomic E-state index is -0.0399. The fourth-order valence-electron chi connectivity index (χ4n) is 1.35. The lowest BCUT2D eigenvalue weighted by atomic mass is 10.2. The maximum absolute atomic E-state index is 9.02. The summed E-state index contributed by atoms with van der Waals surface area (Å²) in [5.41, 5.74) is 0.758. The molecule has 2 rings (SSSR count). The number of nitrogens with zero attached hydrogens (tertiary/aromatic N) is 2. The molecule has 1 N–H and O–H groups in total. The lowest BCUT2D eigenvalue weighted by Gasteiger charge is -2.10. The maximum Gasteiger partial charge on any atom is 0.238 e. The summed E-state index contributed by atoms with van der Waals surface area (Å²) in [5, 5.41) is 9.02. The smallest absolute Gasteiger partial charge is 0.238 e. The second kappa shape index (κ2) is 5.27. The Kier molecular flexibility index (Phi) is 3.52. The molecule has 0 aliphatic rings. The van der Waals surface area contributed by atoms with Gasteiger partial charge in [-0.25, -0.2) is 4.98 Å². The van der Waals surface area contributed by atoms with Gasteiger partial charge in [-0.3, -0.25) is 4.98 Å². The van der Waals surface area contributed by atoms with E-state index in [1.165, 1.54) is 6.20 Å². The van der Waals surface area contributed by atoms with Gasteiger partial charge in [-0.05, 0) is 17.7 Å². The van der Waals surface area contributed by atoms with E-state index in [1.54, 1.807) is 37.7 Å². The Morgan fingerprint density at radius 3 is 2.76 bits per heavy atom. The van der Waals surface area contributed by atoms with Crippen LogP contribution in [0.3, 0.4) is 0 Å². The number of aliphatic hydroxyl groups is 1. The highest BCUT2D eigenvalue weighted by atomic mass is 16.5. The lowest BCUT2D eigenvalue weighted by molar-refractivity contribution is 0.280. The molecular weight excluding hydrogens is 220 g/mol. The summed E-state index contributed by atoms with van der Waals surface area (Å²) in [7, 11) is 1.54. The molecule has 0 unspecified atom stereocenters. The number of aliphatic hydroxyl groups excluding tert-OH is 1. The van der Waals surface area contributed by atoms with Gasteiger partial charge in [0.2, 0.25) is 5.88 Å². The second-order valence-electron chi connectivity index (χ2n) is 3.29. The zero-order valence-electron chi connectivity index (χ0n) is 9.33. The first-order chi connectivity index (χ1) is 8.33. The van der Waals surface area contributed by atoms with Crippen LogP contribution in [0, 0.1) is 0 Å². The summed E-state index contributed by atoms with van der Waals surface area (Å²) < 4.78 is 10.7. The summed E-state index contributed by atoms with van der Waals surface area (Å²) in [6.07, 6.45) is 4.63. The van der Waals surface area contributed by atoms with Crippen LogP contribution in [-0.2, 0) is 6.61 Å². The number of ether oxygens (including phenoxy) is 2. The molecule has 0 spiro atoms. The van der Waals surface area contributed by atoms with Crippen molar-refractivity contribution in [1.29, 1.82) is 0 Å². The molecule has 0 saturated carbocycles. The van der Waals surface area contributed by atoms with Crippen molar-refractivity contribution in [2.75, 3.05) is 7.11 Å². The van der Waals surface area contributed by atoms with Crippen LogP contribution in [0.15, 0.2) is 36.8 Å². The van der Waals surface area contributed by atoms with Crippen molar-refractivity contribution in [2.45, 2.75) is 6.61 Å². The molecule has 1 heterocycles. The zero-order chi connectivity index (χ0) is 12.1. The highest BCUT2D eigenvalue weighted by Crippen LogP contribution is 2.31. The molecule has 0 atom stereocenters. The van der Waals surface area contributed by atoms with Gasteiger partial charge in [0.15, 0.2) is 11.5 Å². The van der Waals surface area contributed by atoms with Gasteiger partial charge in [0.25, 0.3) is 0 Å². The Labute approximate surface area is 98.7 Å². The molecule has 2 aromatic rings. The molecule has 0 fully saturated rings. The van der Waals surface area contributed by atoms with Gasteiger partial charge in [0.1, 0.15) is 0 Å². The number of methoxy groups -OCH3 is 1. The quantitative estimate of drug-likeness (QED) is 0.870. The van der Waals surface area contributed by atoms with E-state index in [1.807, 2.05) is 0 Å². The average Bonchev–Trinajstić information content (AvgIpc) is 2.40. The van der Waals surface area contributed by atoms with Gasteiger partial charge in [-0.1, -0.05) is 6.07 Å². The summed E-state index contributed by atoms with van der Waals surface area (Å²) in [6.45, 7) is -0.0399. The zero-order valence-corrected chi connectivity index (χ0v) is 9.33. The topological polar surface area (TPSA) is 64.5 Å². The third kappa shape index (κ3) is 2.70. The predicted molar refractivity (Wildman–Crippen MR) is 61.0 cm³/mol. The molecular formula is C12H12N2O3. The summed E-state index contributed by atoms with van der Waals surface area (Å²) >= 11 is 0. The van der Waals surface area contributed by atoms with Crippen LogP contribution in [0.2, 0.25) is 0 Å². The molecule has 1 aromatic heterocycles. The van der Waals surface area contributed by atoms with E-state index in [0.717, 1.165) is 5.56 Å². The van der Waals surface area contributed by atoms with Crippen LogP contribution in [-0.4, -0.2) is 22.2 Å². The molecule has 0 amide bonds. The number of hydrogen-bond acceptors (Lipinski definition) is 5. The Bertz CT molecular complexity index is 488. The average molecular weight is 232 g/mol. The first-order valence-corrected chi connectivity index (χ1v) is 5.05. The van der Waals surface area contributed by atoms with Crippen molar-refractivity contribution in [3.05, 3.63) is 42.4 Å². The van der Waals surface area contributed by atoms with Gasteiger partial charge in [-0.2, -0.15) is 0 Å². The highest BCUT2D eigenvalue weighted by Gasteiger charge is 2.07. The number of hydrogen-bond donors (Lipinski definition) is 1. The summed E-state index contributed by atoms with van der Waals surface area (Å²) in [4.78, 5) is 7.90. The molecule has 17 heavy (non-hydrogen) atoms. The molecule has 1 aromatic carbocycles. The van der Waals surface area contributed by atoms with Crippen molar-refractivity contribution < 1.29 is 14.6 Å². The van der Waals surface area contributed by atoms with E-state index >= 15 is 0 Å². The van der Waals surface area contributed by atoms with Gasteiger partial charge in [-0.15, -0.1) is 0 Å². The van der Waals surface area contributed by atoms with Crippen molar-refractivity contribution in [1.82, 2.24) is 9.97 Å². The van der Waals surface area contributed by atoms with E-state index in [9.17, 15) is 0 Å². The van der Waals surface area contributed by atoms with Crippen LogP contribution in [0.5, 0.6) is 17.4 Å². The fourth-order valence-corrected chi connectivity index (χ4v) is 1.35. The van der Waals surface area contributed by atoms with Crippen molar-refractivity contribution in [2.24, 2.45) is 0 Å². The van der Waals surface area contributed by atoms with E-state index in [0.29, 0.717) is 17.4 Å². The Morgan fingerprint density at radius 1 is 1.24 bits per heavy atom. The van der Waals surface area contributed by atoms with Crippen LogP contribution in [0.4, 0.5) is 0 Å². The Hall–Kier alpha value is -2.14. The van der Waals surface area contributed by atoms with Gasteiger partial charge >= 0.3 is 0 Å². The van der Waals surface area contributed by atoms with E-state index in [2.05, 4.69) is 9.97 Å². The Morgan fingerprint density at radius 2 is 2.12 bits per heavy atom. The van der Waals surface area contributed by atoms with Crippen molar-refractivity contribution in [3.8, 4) is 17.4 Å². The molecule has 0 aliphatic carbocycles. The molecule has 5 heteroatoms. The summed E-state index contributed by atoms with van der Waals surface area (Å²) in [6, 6.07) is 5.19. The van der Waals surface area contributed by atoms with Gasteiger partial charge in [0, 0.05) is 12.4 Å². The van der Waals surface area contributed by atoms with Crippen LogP contribution in [0.1, 0.15) is 5.56 Å². The van der Waals surface area contributed by atoms with Crippen molar-refractivity contribution >= 4 is 0 Å². The minimum absolute atomic E-state index is 0.0399. The summed E-state index contributed by atoms with van der Waals surface area (Å²) in [5.74, 6) is 1.47. The first-order valence-electron chi connectivity index (χ1n) is 5.05. The van der Waals surface area contributed by atoms with Crippen LogP contribution in [0.25, 0.3) is 0 Å². The number of benzene rings is 1.